The van der Waals surface area contributed by atoms with Crippen LogP contribution in [0.25, 0.3) is 0 Å². The summed E-state index contributed by atoms with van der Waals surface area (Å²) in [5.74, 6) is -1.96. The first-order valence-corrected chi connectivity index (χ1v) is 9.07. The lowest BCUT2D eigenvalue weighted by Crippen LogP contribution is -2.32. The summed E-state index contributed by atoms with van der Waals surface area (Å²) in [6.45, 7) is 3.34. The van der Waals surface area contributed by atoms with E-state index in [4.69, 9.17) is 4.74 Å². The van der Waals surface area contributed by atoms with E-state index in [1.165, 1.54) is 6.07 Å². The third kappa shape index (κ3) is 7.10. The molecule has 3 N–H and O–H groups in total. The standard InChI is InChI=1S/C21H23N3O5/c1-3-22-21(28)16-5-4-6-17(11-16)24-18(25)13-29-19(26)12-23-20(27)15-9-7-14(2)8-10-15/h4-11H,3,12-13H2,1-2H3,(H,22,28)(H,23,27)(H,24,25). The molecule has 0 heterocycles. The lowest BCUT2D eigenvalue weighted by atomic mass is 10.1. The molecule has 0 atom stereocenters. The molecular weight excluding hydrogens is 374 g/mol. The Morgan fingerprint density at radius 2 is 1.59 bits per heavy atom. The van der Waals surface area contributed by atoms with Crippen LogP contribution in [0.4, 0.5) is 5.69 Å². The second kappa shape index (κ2) is 10.6. The zero-order valence-corrected chi connectivity index (χ0v) is 16.3. The molecule has 3 amide bonds. The van der Waals surface area contributed by atoms with Gasteiger partial charge in [-0.15, -0.1) is 0 Å². The van der Waals surface area contributed by atoms with Crippen molar-refractivity contribution in [3.63, 3.8) is 0 Å². The molecule has 0 saturated heterocycles. The van der Waals surface area contributed by atoms with Gasteiger partial charge < -0.3 is 20.7 Å². The van der Waals surface area contributed by atoms with Gasteiger partial charge in [-0.3, -0.25) is 19.2 Å². The Morgan fingerprint density at radius 1 is 0.897 bits per heavy atom. The molecule has 152 valence electrons. The van der Waals surface area contributed by atoms with Gasteiger partial charge in [-0.25, -0.2) is 0 Å². The molecule has 0 aliphatic carbocycles. The predicted octanol–water partition coefficient (Wildman–Crippen LogP) is 1.66. The van der Waals surface area contributed by atoms with Crippen molar-refractivity contribution in [2.45, 2.75) is 13.8 Å². The topological polar surface area (TPSA) is 114 Å². The summed E-state index contributed by atoms with van der Waals surface area (Å²) in [5, 5.41) is 7.65. The van der Waals surface area contributed by atoms with Crippen molar-refractivity contribution >= 4 is 29.4 Å². The number of rotatable bonds is 8. The van der Waals surface area contributed by atoms with E-state index in [1.54, 1.807) is 49.4 Å². The van der Waals surface area contributed by atoms with E-state index in [0.717, 1.165) is 5.56 Å². The number of hydrogen-bond donors (Lipinski definition) is 3. The van der Waals surface area contributed by atoms with E-state index in [1.807, 2.05) is 6.92 Å². The summed E-state index contributed by atoms with van der Waals surface area (Å²) in [6.07, 6.45) is 0. The SMILES string of the molecule is CCNC(=O)c1cccc(NC(=O)COC(=O)CNC(=O)c2ccc(C)cc2)c1. The van der Waals surface area contributed by atoms with Gasteiger partial charge in [-0.05, 0) is 44.2 Å². The minimum absolute atomic E-state index is 0.251. The highest BCUT2D eigenvalue weighted by Crippen LogP contribution is 2.10. The van der Waals surface area contributed by atoms with E-state index >= 15 is 0 Å². The monoisotopic (exact) mass is 397 g/mol. The van der Waals surface area contributed by atoms with Gasteiger partial charge in [0.05, 0.1) is 0 Å². The molecule has 2 aromatic rings. The zero-order valence-electron chi connectivity index (χ0n) is 16.3. The number of nitrogens with one attached hydrogen (secondary N) is 3. The molecule has 8 nitrogen and oxygen atoms in total. The van der Waals surface area contributed by atoms with Gasteiger partial charge in [-0.1, -0.05) is 23.8 Å². The molecule has 2 rings (SSSR count). The molecule has 0 saturated carbocycles. The van der Waals surface area contributed by atoms with Gasteiger partial charge in [0.1, 0.15) is 6.54 Å². The summed E-state index contributed by atoms with van der Waals surface area (Å²) in [6, 6.07) is 13.3. The van der Waals surface area contributed by atoms with Crippen LogP contribution in [0.2, 0.25) is 0 Å². The highest BCUT2D eigenvalue weighted by atomic mass is 16.5. The Morgan fingerprint density at radius 3 is 2.28 bits per heavy atom. The van der Waals surface area contributed by atoms with Crippen LogP contribution in [-0.4, -0.2) is 43.4 Å². The first kappa shape index (κ1) is 21.6. The first-order valence-electron chi connectivity index (χ1n) is 9.07. The number of carbonyl (C=O) groups is 4. The van der Waals surface area contributed by atoms with Crippen LogP contribution in [0.1, 0.15) is 33.2 Å². The Bertz CT molecular complexity index is 893. The maximum absolute atomic E-state index is 11.9. The summed E-state index contributed by atoms with van der Waals surface area (Å²) in [4.78, 5) is 47.4. The minimum Gasteiger partial charge on any atom is -0.454 e. The number of benzene rings is 2. The number of carbonyl (C=O) groups excluding carboxylic acids is 4. The highest BCUT2D eigenvalue weighted by molar-refractivity contribution is 5.98. The van der Waals surface area contributed by atoms with Crippen LogP contribution in [0.3, 0.4) is 0 Å². The van der Waals surface area contributed by atoms with Crippen molar-refractivity contribution in [3.05, 3.63) is 65.2 Å². The average molecular weight is 397 g/mol. The van der Waals surface area contributed by atoms with Crippen molar-refractivity contribution in [2.24, 2.45) is 0 Å². The molecule has 0 spiro atoms. The van der Waals surface area contributed by atoms with E-state index in [0.29, 0.717) is 23.4 Å². The van der Waals surface area contributed by atoms with Crippen LogP contribution >= 0.6 is 0 Å². The van der Waals surface area contributed by atoms with Crippen LogP contribution in [0.5, 0.6) is 0 Å². The fourth-order valence-corrected chi connectivity index (χ4v) is 2.35. The number of anilines is 1. The summed E-state index contributed by atoms with van der Waals surface area (Å²) in [7, 11) is 0. The number of ether oxygens (including phenoxy) is 1. The Kier molecular flexibility index (Phi) is 7.90. The third-order valence-electron chi connectivity index (χ3n) is 3.82. The second-order valence-corrected chi connectivity index (χ2v) is 6.20. The van der Waals surface area contributed by atoms with Gasteiger partial charge in [0.15, 0.2) is 6.61 Å². The molecule has 29 heavy (non-hydrogen) atoms. The van der Waals surface area contributed by atoms with Crippen molar-refractivity contribution in [1.82, 2.24) is 10.6 Å². The molecule has 0 aliphatic rings. The summed E-state index contributed by atoms with van der Waals surface area (Å²) in [5.41, 5.74) is 2.25. The molecule has 0 bridgehead atoms. The summed E-state index contributed by atoms with van der Waals surface area (Å²) >= 11 is 0. The van der Waals surface area contributed by atoms with Gasteiger partial charge in [0.25, 0.3) is 17.7 Å². The van der Waals surface area contributed by atoms with Crippen molar-refractivity contribution < 1.29 is 23.9 Å². The Labute approximate surface area is 168 Å². The number of amides is 3. The third-order valence-corrected chi connectivity index (χ3v) is 3.82. The largest absolute Gasteiger partial charge is 0.454 e. The van der Waals surface area contributed by atoms with Crippen LogP contribution < -0.4 is 16.0 Å². The van der Waals surface area contributed by atoms with Gasteiger partial charge >= 0.3 is 5.97 Å². The number of esters is 1. The molecule has 0 aromatic heterocycles. The quantitative estimate of drug-likeness (QED) is 0.586. The molecule has 0 aliphatic heterocycles. The fourth-order valence-electron chi connectivity index (χ4n) is 2.35. The summed E-state index contributed by atoms with van der Waals surface area (Å²) < 4.78 is 4.85. The molecule has 0 fully saturated rings. The molecule has 0 unspecified atom stereocenters. The molecular formula is C21H23N3O5. The molecule has 8 heteroatoms. The first-order chi connectivity index (χ1) is 13.9. The van der Waals surface area contributed by atoms with Crippen LogP contribution in [-0.2, 0) is 14.3 Å². The lowest BCUT2D eigenvalue weighted by molar-refractivity contribution is -0.146. The smallest absolute Gasteiger partial charge is 0.325 e. The average Bonchev–Trinajstić information content (AvgIpc) is 2.71. The van der Waals surface area contributed by atoms with Crippen molar-refractivity contribution in [2.75, 3.05) is 25.0 Å². The van der Waals surface area contributed by atoms with Crippen molar-refractivity contribution in [1.29, 1.82) is 0 Å². The van der Waals surface area contributed by atoms with E-state index in [2.05, 4.69) is 16.0 Å². The maximum atomic E-state index is 11.9. The van der Waals surface area contributed by atoms with Crippen LogP contribution in [0, 0.1) is 6.92 Å². The van der Waals surface area contributed by atoms with E-state index in [-0.39, 0.29) is 12.5 Å². The molecule has 2 aromatic carbocycles. The zero-order chi connectivity index (χ0) is 21.2. The van der Waals surface area contributed by atoms with Gasteiger partial charge in [0.2, 0.25) is 0 Å². The Balaban J connectivity index is 1.76. The minimum atomic E-state index is -0.739. The molecule has 0 radical (unpaired) electrons. The Hall–Kier alpha value is -3.68. The maximum Gasteiger partial charge on any atom is 0.325 e. The highest BCUT2D eigenvalue weighted by Gasteiger charge is 2.12. The second-order valence-electron chi connectivity index (χ2n) is 6.20. The predicted molar refractivity (Wildman–Crippen MR) is 108 cm³/mol. The number of hydrogen-bond acceptors (Lipinski definition) is 5. The number of aryl methyl sites for hydroxylation is 1. The van der Waals surface area contributed by atoms with Crippen LogP contribution in [0.15, 0.2) is 48.5 Å². The van der Waals surface area contributed by atoms with E-state index < -0.39 is 24.4 Å². The van der Waals surface area contributed by atoms with E-state index in [9.17, 15) is 19.2 Å². The van der Waals surface area contributed by atoms with Gasteiger partial charge in [0, 0.05) is 23.4 Å². The van der Waals surface area contributed by atoms with Crippen molar-refractivity contribution in [3.8, 4) is 0 Å². The normalized spacial score (nSPS) is 10.0. The lowest BCUT2D eigenvalue weighted by Gasteiger charge is -2.09. The van der Waals surface area contributed by atoms with Gasteiger partial charge in [-0.2, -0.15) is 0 Å². The fraction of sp³-hybridized carbons (Fsp3) is 0.238.